The van der Waals surface area contributed by atoms with E-state index in [9.17, 15) is 9.00 Å². The summed E-state index contributed by atoms with van der Waals surface area (Å²) in [6.45, 7) is 1.85. The van der Waals surface area contributed by atoms with Crippen molar-refractivity contribution in [3.63, 3.8) is 0 Å². The lowest BCUT2D eigenvalue weighted by molar-refractivity contribution is -0.117. The molecule has 0 heterocycles. The number of nitrogen functional groups attached to an aromatic ring is 1. The van der Waals surface area contributed by atoms with E-state index in [-0.39, 0.29) is 12.2 Å². The number of primary amides is 1. The first-order valence-electron chi connectivity index (χ1n) is 4.54. The fourth-order valence-corrected chi connectivity index (χ4v) is 2.40. The summed E-state index contributed by atoms with van der Waals surface area (Å²) in [6.07, 6.45) is 0.111. The van der Waals surface area contributed by atoms with Gasteiger partial charge in [0.1, 0.15) is 0 Å². The van der Waals surface area contributed by atoms with Gasteiger partial charge in [-0.05, 0) is 18.6 Å². The van der Waals surface area contributed by atoms with Crippen LogP contribution in [0.25, 0.3) is 0 Å². The number of benzene rings is 1. The van der Waals surface area contributed by atoms with Crippen molar-refractivity contribution >= 4 is 22.4 Å². The minimum atomic E-state index is -1.25. The smallest absolute Gasteiger partial charge is 0.218 e. The Morgan fingerprint density at radius 1 is 1.47 bits per heavy atom. The molecule has 82 valence electrons. The van der Waals surface area contributed by atoms with Gasteiger partial charge in [-0.3, -0.25) is 9.00 Å². The van der Waals surface area contributed by atoms with E-state index in [1.807, 2.05) is 13.0 Å². The van der Waals surface area contributed by atoms with Gasteiger partial charge in [-0.1, -0.05) is 12.1 Å². The average Bonchev–Trinajstić information content (AvgIpc) is 2.18. The molecule has 0 fully saturated rings. The maximum absolute atomic E-state index is 11.7. The van der Waals surface area contributed by atoms with Gasteiger partial charge in [-0.2, -0.15) is 0 Å². The molecule has 0 aliphatic heterocycles. The summed E-state index contributed by atoms with van der Waals surface area (Å²) >= 11 is 0. The molecule has 1 unspecified atom stereocenters. The van der Waals surface area contributed by atoms with Crippen LogP contribution in [0.3, 0.4) is 0 Å². The third-order valence-electron chi connectivity index (χ3n) is 2.06. The monoisotopic (exact) mass is 226 g/mol. The number of anilines is 1. The van der Waals surface area contributed by atoms with Crippen molar-refractivity contribution in [2.45, 2.75) is 18.2 Å². The Labute approximate surface area is 91.1 Å². The first-order valence-corrected chi connectivity index (χ1v) is 5.86. The van der Waals surface area contributed by atoms with Crippen LogP contribution in [0.5, 0.6) is 0 Å². The van der Waals surface area contributed by atoms with E-state index >= 15 is 0 Å². The molecule has 0 radical (unpaired) electrons. The predicted octanol–water partition coefficient (Wildman–Crippen LogP) is 0.560. The van der Waals surface area contributed by atoms with Crippen molar-refractivity contribution in [2.24, 2.45) is 5.73 Å². The third-order valence-corrected chi connectivity index (χ3v) is 3.48. The van der Waals surface area contributed by atoms with Crippen LogP contribution in [0.4, 0.5) is 5.69 Å². The quantitative estimate of drug-likeness (QED) is 0.735. The lowest BCUT2D eigenvalue weighted by Crippen LogP contribution is -2.14. The van der Waals surface area contributed by atoms with Gasteiger partial charge in [0.15, 0.2) is 0 Å². The maximum atomic E-state index is 11.7. The molecule has 1 amide bonds. The van der Waals surface area contributed by atoms with E-state index in [0.717, 1.165) is 5.56 Å². The number of rotatable bonds is 4. The lowest BCUT2D eigenvalue weighted by Gasteiger charge is -2.07. The van der Waals surface area contributed by atoms with Gasteiger partial charge in [0.05, 0.1) is 21.4 Å². The second-order valence-electron chi connectivity index (χ2n) is 3.25. The van der Waals surface area contributed by atoms with E-state index in [0.29, 0.717) is 10.6 Å². The highest BCUT2D eigenvalue weighted by Crippen LogP contribution is 2.20. The van der Waals surface area contributed by atoms with Crippen LogP contribution in [0.1, 0.15) is 12.0 Å². The molecular weight excluding hydrogens is 212 g/mol. The van der Waals surface area contributed by atoms with Crippen molar-refractivity contribution in [3.05, 3.63) is 23.8 Å². The Balaban J connectivity index is 2.82. The van der Waals surface area contributed by atoms with Crippen LogP contribution in [-0.4, -0.2) is 15.9 Å². The molecule has 0 bridgehead atoms. The van der Waals surface area contributed by atoms with Gasteiger partial charge in [-0.25, -0.2) is 0 Å². The summed E-state index contributed by atoms with van der Waals surface area (Å²) < 4.78 is 11.7. The third kappa shape index (κ3) is 3.06. The van der Waals surface area contributed by atoms with Crippen LogP contribution in [0.15, 0.2) is 23.1 Å². The molecule has 0 aromatic heterocycles. The van der Waals surface area contributed by atoms with Crippen molar-refractivity contribution in [1.29, 1.82) is 0 Å². The number of nitrogens with two attached hydrogens (primary N) is 2. The standard InChI is InChI=1S/C10H14N2O2S/c1-7-3-2-4-8(10(7)12)15(14)6-5-9(11)13/h2-4H,5-6,12H2,1H3,(H2,11,13). The SMILES string of the molecule is Cc1cccc(S(=O)CCC(N)=O)c1N. The molecule has 4 nitrogen and oxygen atoms in total. The number of para-hydroxylation sites is 1. The number of amides is 1. The van der Waals surface area contributed by atoms with Gasteiger partial charge in [0.25, 0.3) is 0 Å². The van der Waals surface area contributed by atoms with E-state index in [1.54, 1.807) is 12.1 Å². The highest BCUT2D eigenvalue weighted by atomic mass is 32.2. The maximum Gasteiger partial charge on any atom is 0.218 e. The summed E-state index contributed by atoms with van der Waals surface area (Å²) in [5, 5.41) is 0. The Bertz CT molecular complexity index is 404. The fourth-order valence-electron chi connectivity index (χ4n) is 1.16. The van der Waals surface area contributed by atoms with Gasteiger partial charge >= 0.3 is 0 Å². The number of hydrogen-bond donors (Lipinski definition) is 2. The highest BCUT2D eigenvalue weighted by Gasteiger charge is 2.10. The number of carbonyl (C=O) groups is 1. The Hall–Kier alpha value is -1.36. The summed E-state index contributed by atoms with van der Waals surface area (Å²) in [4.78, 5) is 11.1. The van der Waals surface area contributed by atoms with E-state index in [1.165, 1.54) is 0 Å². The Morgan fingerprint density at radius 3 is 2.73 bits per heavy atom. The van der Waals surface area contributed by atoms with Crippen molar-refractivity contribution in [2.75, 3.05) is 11.5 Å². The van der Waals surface area contributed by atoms with Crippen molar-refractivity contribution in [3.8, 4) is 0 Å². The molecule has 0 saturated heterocycles. The molecule has 4 N–H and O–H groups in total. The molecule has 0 aliphatic rings. The van der Waals surface area contributed by atoms with Crippen LogP contribution >= 0.6 is 0 Å². The number of hydrogen-bond acceptors (Lipinski definition) is 3. The summed E-state index contributed by atoms with van der Waals surface area (Å²) in [5.41, 5.74) is 12.2. The zero-order valence-corrected chi connectivity index (χ0v) is 9.34. The average molecular weight is 226 g/mol. The molecular formula is C10H14N2O2S. The molecule has 0 spiro atoms. The molecule has 1 atom stereocenters. The fraction of sp³-hybridized carbons (Fsp3) is 0.300. The normalized spacial score (nSPS) is 12.3. The van der Waals surface area contributed by atoms with E-state index in [2.05, 4.69) is 0 Å². The first-order chi connectivity index (χ1) is 7.02. The second kappa shape index (κ2) is 4.93. The van der Waals surface area contributed by atoms with Gasteiger partial charge in [0, 0.05) is 12.2 Å². The Kier molecular flexibility index (Phi) is 3.85. The molecule has 1 aromatic rings. The minimum absolute atomic E-state index is 0.111. The molecule has 5 heteroatoms. The van der Waals surface area contributed by atoms with E-state index in [4.69, 9.17) is 11.5 Å². The van der Waals surface area contributed by atoms with Crippen LogP contribution < -0.4 is 11.5 Å². The van der Waals surface area contributed by atoms with Crippen LogP contribution in [0.2, 0.25) is 0 Å². The van der Waals surface area contributed by atoms with Crippen molar-refractivity contribution < 1.29 is 9.00 Å². The molecule has 1 aromatic carbocycles. The van der Waals surface area contributed by atoms with Gasteiger partial charge in [0.2, 0.25) is 5.91 Å². The molecule has 0 saturated carbocycles. The van der Waals surface area contributed by atoms with Crippen LogP contribution in [0, 0.1) is 6.92 Å². The Morgan fingerprint density at radius 2 is 2.13 bits per heavy atom. The van der Waals surface area contributed by atoms with Crippen LogP contribution in [-0.2, 0) is 15.6 Å². The highest BCUT2D eigenvalue weighted by molar-refractivity contribution is 7.85. The molecule has 1 rings (SSSR count). The largest absolute Gasteiger partial charge is 0.398 e. The second-order valence-corrected chi connectivity index (χ2v) is 4.79. The first kappa shape index (κ1) is 11.7. The number of aryl methyl sites for hydroxylation is 1. The number of carbonyl (C=O) groups excluding carboxylic acids is 1. The molecule has 15 heavy (non-hydrogen) atoms. The van der Waals surface area contributed by atoms with Gasteiger partial charge < -0.3 is 11.5 Å². The van der Waals surface area contributed by atoms with Crippen molar-refractivity contribution in [1.82, 2.24) is 0 Å². The topological polar surface area (TPSA) is 86.2 Å². The zero-order valence-electron chi connectivity index (χ0n) is 8.53. The van der Waals surface area contributed by atoms with E-state index < -0.39 is 16.7 Å². The summed E-state index contributed by atoms with van der Waals surface area (Å²) in [7, 11) is -1.25. The van der Waals surface area contributed by atoms with Gasteiger partial charge in [-0.15, -0.1) is 0 Å². The lowest BCUT2D eigenvalue weighted by atomic mass is 10.2. The molecule has 0 aliphatic carbocycles. The summed E-state index contributed by atoms with van der Waals surface area (Å²) in [5.74, 6) is -0.224. The zero-order chi connectivity index (χ0) is 11.4. The predicted molar refractivity (Wildman–Crippen MR) is 60.7 cm³/mol. The minimum Gasteiger partial charge on any atom is -0.398 e. The summed E-state index contributed by atoms with van der Waals surface area (Å²) in [6, 6.07) is 5.35.